The molecule has 0 spiro atoms. The molecule has 0 radical (unpaired) electrons. The summed E-state index contributed by atoms with van der Waals surface area (Å²) >= 11 is 0. The minimum absolute atomic E-state index is 0.128. The Morgan fingerprint density at radius 1 is 1.18 bits per heavy atom. The number of hydrogen-bond donors (Lipinski definition) is 1. The fourth-order valence-electron chi connectivity index (χ4n) is 1.48. The molecule has 2 rings (SSSR count). The van der Waals surface area contributed by atoms with E-state index >= 15 is 0 Å². The highest BCUT2D eigenvalue weighted by atomic mass is 14.9. The molecule has 1 aromatic heterocycles. The van der Waals surface area contributed by atoms with E-state index in [9.17, 15) is 0 Å². The van der Waals surface area contributed by atoms with E-state index in [1.165, 1.54) is 0 Å². The molecule has 0 saturated heterocycles. The molecule has 88 valence electrons. The normalized spacial score (nSPS) is 13.0. The number of amidine groups is 1. The number of nitrogens with two attached hydrogens (primary N) is 1. The van der Waals surface area contributed by atoms with E-state index in [0.29, 0.717) is 5.84 Å². The van der Waals surface area contributed by atoms with Gasteiger partial charge in [0.2, 0.25) is 0 Å². The lowest BCUT2D eigenvalue weighted by Gasteiger charge is -2.17. The van der Waals surface area contributed by atoms with Crippen molar-refractivity contribution in [2.24, 2.45) is 16.1 Å². The van der Waals surface area contributed by atoms with E-state index in [2.05, 4.69) is 9.98 Å². The van der Waals surface area contributed by atoms with Crippen LogP contribution in [0, 0.1) is 5.41 Å². The fourth-order valence-corrected chi connectivity index (χ4v) is 1.48. The van der Waals surface area contributed by atoms with Crippen LogP contribution in [0.15, 0.2) is 41.5 Å². The summed E-state index contributed by atoms with van der Waals surface area (Å²) in [5, 5.41) is 1.08. The maximum Gasteiger partial charge on any atom is 0.105 e. The van der Waals surface area contributed by atoms with E-state index in [1.807, 2.05) is 51.1 Å². The quantitative estimate of drug-likeness (QED) is 0.600. The van der Waals surface area contributed by atoms with Gasteiger partial charge in [-0.2, -0.15) is 0 Å². The van der Waals surface area contributed by atoms with E-state index < -0.39 is 0 Å². The van der Waals surface area contributed by atoms with Crippen molar-refractivity contribution >= 4 is 22.4 Å². The van der Waals surface area contributed by atoms with Crippen molar-refractivity contribution in [1.29, 1.82) is 0 Å². The first-order valence-corrected chi connectivity index (χ1v) is 5.67. The molecule has 0 aliphatic rings. The van der Waals surface area contributed by atoms with Crippen LogP contribution in [0.4, 0.5) is 5.69 Å². The molecule has 0 amide bonds. The summed E-state index contributed by atoms with van der Waals surface area (Å²) in [6.45, 7) is 6.14. The highest BCUT2D eigenvalue weighted by Gasteiger charge is 2.15. The SMILES string of the molecule is CC(C)(C)C(N)=Nc1cccc2cccnc12. The van der Waals surface area contributed by atoms with Crippen LogP contribution in [0.2, 0.25) is 0 Å². The van der Waals surface area contributed by atoms with Gasteiger partial charge in [0.1, 0.15) is 5.84 Å². The monoisotopic (exact) mass is 227 g/mol. The van der Waals surface area contributed by atoms with Crippen molar-refractivity contribution in [3.8, 4) is 0 Å². The van der Waals surface area contributed by atoms with Crippen LogP contribution in [0.5, 0.6) is 0 Å². The maximum absolute atomic E-state index is 6.00. The predicted molar refractivity (Wildman–Crippen MR) is 72.5 cm³/mol. The Morgan fingerprint density at radius 3 is 2.59 bits per heavy atom. The van der Waals surface area contributed by atoms with Crippen LogP contribution < -0.4 is 5.73 Å². The van der Waals surface area contributed by atoms with E-state index in [4.69, 9.17) is 5.73 Å². The molecular formula is C14H17N3. The topological polar surface area (TPSA) is 51.3 Å². The van der Waals surface area contributed by atoms with Gasteiger partial charge in [-0.1, -0.05) is 39.0 Å². The van der Waals surface area contributed by atoms with Crippen molar-refractivity contribution in [3.63, 3.8) is 0 Å². The van der Waals surface area contributed by atoms with E-state index in [0.717, 1.165) is 16.6 Å². The summed E-state index contributed by atoms with van der Waals surface area (Å²) in [4.78, 5) is 8.84. The molecule has 3 heteroatoms. The van der Waals surface area contributed by atoms with Gasteiger partial charge >= 0.3 is 0 Å². The molecule has 0 aliphatic heterocycles. The minimum Gasteiger partial charge on any atom is -0.387 e. The number of pyridine rings is 1. The molecule has 0 aliphatic carbocycles. The minimum atomic E-state index is -0.128. The Kier molecular flexibility index (Phi) is 2.84. The van der Waals surface area contributed by atoms with Gasteiger partial charge in [-0.25, -0.2) is 4.99 Å². The summed E-state index contributed by atoms with van der Waals surface area (Å²) in [7, 11) is 0. The molecule has 1 heterocycles. The molecule has 2 N–H and O–H groups in total. The van der Waals surface area contributed by atoms with Gasteiger partial charge in [0.15, 0.2) is 0 Å². The predicted octanol–water partition coefficient (Wildman–Crippen LogP) is 3.27. The number of para-hydroxylation sites is 1. The summed E-state index contributed by atoms with van der Waals surface area (Å²) in [5.74, 6) is 0.621. The fraction of sp³-hybridized carbons (Fsp3) is 0.286. The standard InChI is InChI=1S/C14H17N3/c1-14(2,3)13(15)17-11-8-4-6-10-7-5-9-16-12(10)11/h4-9H,1-3H3,(H2,15,17). The van der Waals surface area contributed by atoms with Gasteiger partial charge in [0, 0.05) is 17.0 Å². The summed E-state index contributed by atoms with van der Waals surface area (Å²) < 4.78 is 0. The zero-order valence-corrected chi connectivity index (χ0v) is 10.4. The van der Waals surface area contributed by atoms with Crippen molar-refractivity contribution < 1.29 is 0 Å². The second-order valence-electron chi connectivity index (χ2n) is 5.10. The summed E-state index contributed by atoms with van der Waals surface area (Å²) in [5.41, 5.74) is 7.59. The van der Waals surface area contributed by atoms with Crippen LogP contribution >= 0.6 is 0 Å². The van der Waals surface area contributed by atoms with Crippen molar-refractivity contribution in [2.45, 2.75) is 20.8 Å². The molecule has 0 atom stereocenters. The molecule has 0 fully saturated rings. The van der Waals surface area contributed by atoms with Crippen LogP contribution in [0.1, 0.15) is 20.8 Å². The summed E-state index contributed by atoms with van der Waals surface area (Å²) in [6.07, 6.45) is 1.77. The first-order valence-electron chi connectivity index (χ1n) is 5.67. The summed E-state index contributed by atoms with van der Waals surface area (Å²) in [6, 6.07) is 9.87. The van der Waals surface area contributed by atoms with Crippen molar-refractivity contribution in [2.75, 3.05) is 0 Å². The van der Waals surface area contributed by atoms with Gasteiger partial charge in [0.25, 0.3) is 0 Å². The number of benzene rings is 1. The van der Waals surface area contributed by atoms with Gasteiger partial charge in [-0.15, -0.1) is 0 Å². The third kappa shape index (κ3) is 2.44. The number of hydrogen-bond acceptors (Lipinski definition) is 2. The third-order valence-electron chi connectivity index (χ3n) is 2.62. The third-order valence-corrected chi connectivity index (χ3v) is 2.62. The van der Waals surface area contributed by atoms with Gasteiger partial charge in [0.05, 0.1) is 11.2 Å². The number of aliphatic imine (C=N–C) groups is 1. The zero-order valence-electron chi connectivity index (χ0n) is 10.4. The molecular weight excluding hydrogens is 210 g/mol. The van der Waals surface area contributed by atoms with Crippen LogP contribution in [-0.2, 0) is 0 Å². The molecule has 0 bridgehead atoms. The first-order chi connectivity index (χ1) is 7.98. The second-order valence-corrected chi connectivity index (χ2v) is 5.10. The van der Waals surface area contributed by atoms with Gasteiger partial charge in [-0.3, -0.25) is 4.98 Å². The largest absolute Gasteiger partial charge is 0.387 e. The molecule has 1 aromatic carbocycles. The highest BCUT2D eigenvalue weighted by Crippen LogP contribution is 2.25. The Labute approximate surface area is 101 Å². The lowest BCUT2D eigenvalue weighted by atomic mass is 9.95. The average molecular weight is 227 g/mol. The Bertz CT molecular complexity index is 560. The van der Waals surface area contributed by atoms with Crippen LogP contribution in [0.3, 0.4) is 0 Å². The number of fused-ring (bicyclic) bond motifs is 1. The zero-order chi connectivity index (χ0) is 12.5. The number of nitrogens with zero attached hydrogens (tertiary/aromatic N) is 2. The Morgan fingerprint density at radius 2 is 1.88 bits per heavy atom. The molecule has 2 aromatic rings. The Balaban J connectivity index is 2.57. The molecule has 17 heavy (non-hydrogen) atoms. The van der Waals surface area contributed by atoms with Crippen LogP contribution in [0.25, 0.3) is 10.9 Å². The molecule has 0 saturated carbocycles. The number of aromatic nitrogens is 1. The smallest absolute Gasteiger partial charge is 0.105 e. The molecule has 0 unspecified atom stereocenters. The highest BCUT2D eigenvalue weighted by molar-refractivity contribution is 5.94. The lowest BCUT2D eigenvalue weighted by molar-refractivity contribution is 0.585. The van der Waals surface area contributed by atoms with Gasteiger partial charge in [-0.05, 0) is 12.1 Å². The maximum atomic E-state index is 6.00. The van der Waals surface area contributed by atoms with E-state index in [1.54, 1.807) is 6.20 Å². The second kappa shape index (κ2) is 4.17. The van der Waals surface area contributed by atoms with Crippen molar-refractivity contribution in [3.05, 3.63) is 36.5 Å². The average Bonchev–Trinajstić information content (AvgIpc) is 2.28. The lowest BCUT2D eigenvalue weighted by Crippen LogP contribution is -2.28. The molecule has 3 nitrogen and oxygen atoms in total. The Hall–Kier alpha value is -1.90. The van der Waals surface area contributed by atoms with Gasteiger partial charge < -0.3 is 5.73 Å². The number of rotatable bonds is 1. The first kappa shape index (κ1) is 11.6. The van der Waals surface area contributed by atoms with E-state index in [-0.39, 0.29) is 5.41 Å². The van der Waals surface area contributed by atoms with Crippen LogP contribution in [-0.4, -0.2) is 10.8 Å². The van der Waals surface area contributed by atoms with Crippen molar-refractivity contribution in [1.82, 2.24) is 4.98 Å².